The third-order valence-corrected chi connectivity index (χ3v) is 3.91. The number of benzene rings is 1. The molecule has 5 heteroatoms. The van der Waals surface area contributed by atoms with Gasteiger partial charge in [0.1, 0.15) is 0 Å². The third-order valence-electron chi connectivity index (χ3n) is 3.91. The molecule has 1 aromatic rings. The van der Waals surface area contributed by atoms with Crippen molar-refractivity contribution in [1.29, 1.82) is 0 Å². The molecule has 2 atom stereocenters. The van der Waals surface area contributed by atoms with Crippen LogP contribution >= 0.6 is 0 Å². The van der Waals surface area contributed by atoms with E-state index in [-0.39, 0.29) is 18.5 Å². The summed E-state index contributed by atoms with van der Waals surface area (Å²) in [4.78, 5) is 14.0. The number of hydrogen-bond acceptors (Lipinski definition) is 4. The van der Waals surface area contributed by atoms with E-state index >= 15 is 0 Å². The van der Waals surface area contributed by atoms with E-state index in [0.29, 0.717) is 19.6 Å². The second kappa shape index (κ2) is 11.2. The summed E-state index contributed by atoms with van der Waals surface area (Å²) >= 11 is 0. The Morgan fingerprint density at radius 2 is 1.96 bits per heavy atom. The van der Waals surface area contributed by atoms with E-state index in [1.165, 1.54) is 12.7 Å². The van der Waals surface area contributed by atoms with Crippen LogP contribution in [0.3, 0.4) is 0 Å². The quantitative estimate of drug-likeness (QED) is 0.501. The van der Waals surface area contributed by atoms with Gasteiger partial charge >= 0.3 is 0 Å². The van der Waals surface area contributed by atoms with Gasteiger partial charge in [-0.15, -0.1) is 0 Å². The van der Waals surface area contributed by atoms with Crippen LogP contribution in [0.15, 0.2) is 30.3 Å². The van der Waals surface area contributed by atoms with Gasteiger partial charge in [0, 0.05) is 13.2 Å². The van der Waals surface area contributed by atoms with Crippen LogP contribution in [0.4, 0.5) is 0 Å². The van der Waals surface area contributed by atoms with E-state index in [1.807, 2.05) is 32.0 Å². The Labute approximate surface area is 139 Å². The molecular formula is C18H29NO4. The maximum atomic E-state index is 12.3. The summed E-state index contributed by atoms with van der Waals surface area (Å²) in [6.07, 6.45) is 1.03. The summed E-state index contributed by atoms with van der Waals surface area (Å²) < 4.78 is 10.4. The minimum absolute atomic E-state index is 0.0184. The summed E-state index contributed by atoms with van der Waals surface area (Å²) in [7, 11) is 1.43. The van der Waals surface area contributed by atoms with Crippen LogP contribution in [0.1, 0.15) is 32.3 Å². The van der Waals surface area contributed by atoms with Crippen LogP contribution in [0.5, 0.6) is 0 Å². The molecule has 0 saturated heterocycles. The molecule has 0 saturated carbocycles. The molecule has 1 N–H and O–H groups in total. The van der Waals surface area contributed by atoms with Crippen molar-refractivity contribution < 1.29 is 19.4 Å². The van der Waals surface area contributed by atoms with Crippen LogP contribution in [-0.4, -0.2) is 55.1 Å². The lowest BCUT2D eigenvalue weighted by atomic mass is 10.2. The molecule has 23 heavy (non-hydrogen) atoms. The molecule has 0 fully saturated rings. The van der Waals surface area contributed by atoms with Crippen LogP contribution in [0.25, 0.3) is 0 Å². The molecule has 0 spiro atoms. The van der Waals surface area contributed by atoms with Gasteiger partial charge in [0.05, 0.1) is 26.2 Å². The van der Waals surface area contributed by atoms with Crippen molar-refractivity contribution in [2.75, 3.05) is 26.9 Å². The summed E-state index contributed by atoms with van der Waals surface area (Å²) in [5.74, 6) is -0.0184. The number of ether oxygens (including phenoxy) is 2. The first-order valence-corrected chi connectivity index (χ1v) is 8.20. The van der Waals surface area contributed by atoms with Gasteiger partial charge in [-0.2, -0.15) is 0 Å². The number of nitrogens with zero attached hydrogens (tertiary/aromatic N) is 1. The number of aliphatic hydroxyl groups excluding tert-OH is 1. The van der Waals surface area contributed by atoms with Gasteiger partial charge in [-0.1, -0.05) is 37.3 Å². The van der Waals surface area contributed by atoms with Crippen molar-refractivity contribution in [1.82, 2.24) is 4.90 Å². The lowest BCUT2D eigenvalue weighted by Crippen LogP contribution is -2.43. The molecular weight excluding hydrogens is 294 g/mol. The zero-order valence-corrected chi connectivity index (χ0v) is 14.4. The van der Waals surface area contributed by atoms with Gasteiger partial charge in [0.2, 0.25) is 5.91 Å². The lowest BCUT2D eigenvalue weighted by molar-refractivity contribution is -0.144. The minimum Gasteiger partial charge on any atom is -0.381 e. The summed E-state index contributed by atoms with van der Waals surface area (Å²) in [5.41, 5.74) is 1.23. The van der Waals surface area contributed by atoms with Gasteiger partial charge in [0.15, 0.2) is 6.29 Å². The van der Waals surface area contributed by atoms with E-state index in [1.54, 1.807) is 4.90 Å². The molecule has 130 valence electrons. The van der Waals surface area contributed by atoms with Crippen LogP contribution in [0, 0.1) is 0 Å². The van der Waals surface area contributed by atoms with Gasteiger partial charge in [-0.25, -0.2) is 0 Å². The Morgan fingerprint density at radius 1 is 1.26 bits per heavy atom. The summed E-state index contributed by atoms with van der Waals surface area (Å²) in [6, 6.07) is 10.2. The van der Waals surface area contributed by atoms with Crippen molar-refractivity contribution in [3.8, 4) is 0 Å². The number of aliphatic hydroxyl groups is 1. The smallest absolute Gasteiger partial charge is 0.225 e. The van der Waals surface area contributed by atoms with Crippen molar-refractivity contribution in [2.24, 2.45) is 0 Å². The van der Waals surface area contributed by atoms with E-state index < -0.39 is 6.29 Å². The molecule has 1 rings (SSSR count). The molecule has 1 unspecified atom stereocenters. The highest BCUT2D eigenvalue weighted by Crippen LogP contribution is 2.08. The van der Waals surface area contributed by atoms with Crippen molar-refractivity contribution >= 4 is 5.91 Å². The molecule has 0 aromatic heterocycles. The van der Waals surface area contributed by atoms with Gasteiger partial charge < -0.3 is 19.5 Å². The molecule has 5 nitrogen and oxygen atoms in total. The Morgan fingerprint density at radius 3 is 2.57 bits per heavy atom. The van der Waals surface area contributed by atoms with Crippen LogP contribution < -0.4 is 0 Å². The zero-order valence-electron chi connectivity index (χ0n) is 14.4. The number of amides is 1. The maximum absolute atomic E-state index is 12.3. The molecule has 0 radical (unpaired) electrons. The fourth-order valence-electron chi connectivity index (χ4n) is 2.23. The molecule has 1 aromatic carbocycles. The number of methoxy groups -OCH3 is 1. The molecule has 0 bridgehead atoms. The van der Waals surface area contributed by atoms with E-state index in [2.05, 4.69) is 12.1 Å². The predicted octanol–water partition coefficient (Wildman–Crippen LogP) is 2.23. The standard InChI is InChI=1S/C18H29NO4/c1-4-15(2)19(14-18(21)22-3)17(20)11-13-23-12-10-16-8-6-5-7-9-16/h5-9,15,18,21H,4,10-14H2,1-3H3/t15-,18?/m1/s1. The Bertz CT molecular complexity index is 438. The summed E-state index contributed by atoms with van der Waals surface area (Å²) in [5, 5.41) is 9.61. The Kier molecular flexibility index (Phi) is 9.52. The average Bonchev–Trinajstić information content (AvgIpc) is 2.59. The summed E-state index contributed by atoms with van der Waals surface area (Å²) in [6.45, 7) is 5.16. The molecule has 0 heterocycles. The zero-order chi connectivity index (χ0) is 17.1. The minimum atomic E-state index is -0.952. The highest BCUT2D eigenvalue weighted by molar-refractivity contribution is 5.76. The maximum Gasteiger partial charge on any atom is 0.225 e. The highest BCUT2D eigenvalue weighted by atomic mass is 16.6. The second-order valence-electron chi connectivity index (χ2n) is 5.59. The molecule has 0 aliphatic heterocycles. The van der Waals surface area contributed by atoms with Crippen molar-refractivity contribution in [2.45, 2.75) is 45.4 Å². The van der Waals surface area contributed by atoms with E-state index in [9.17, 15) is 9.90 Å². The average molecular weight is 323 g/mol. The first kappa shape index (κ1) is 19.6. The second-order valence-corrected chi connectivity index (χ2v) is 5.59. The number of carbonyl (C=O) groups is 1. The predicted molar refractivity (Wildman–Crippen MR) is 90.1 cm³/mol. The van der Waals surface area contributed by atoms with Crippen LogP contribution in [-0.2, 0) is 20.7 Å². The first-order valence-electron chi connectivity index (χ1n) is 8.20. The van der Waals surface area contributed by atoms with E-state index in [0.717, 1.165) is 12.8 Å². The Hall–Kier alpha value is -1.43. The van der Waals surface area contributed by atoms with E-state index in [4.69, 9.17) is 9.47 Å². The highest BCUT2D eigenvalue weighted by Gasteiger charge is 2.21. The Balaban J connectivity index is 2.31. The third kappa shape index (κ3) is 7.59. The fourth-order valence-corrected chi connectivity index (χ4v) is 2.23. The topological polar surface area (TPSA) is 59.0 Å². The number of hydrogen-bond donors (Lipinski definition) is 1. The molecule has 0 aliphatic rings. The van der Waals surface area contributed by atoms with Crippen LogP contribution in [0.2, 0.25) is 0 Å². The molecule has 1 amide bonds. The van der Waals surface area contributed by atoms with Gasteiger partial charge in [-0.3, -0.25) is 4.79 Å². The van der Waals surface area contributed by atoms with Crippen molar-refractivity contribution in [3.05, 3.63) is 35.9 Å². The largest absolute Gasteiger partial charge is 0.381 e. The normalized spacial score (nSPS) is 13.6. The monoisotopic (exact) mass is 323 g/mol. The van der Waals surface area contributed by atoms with Gasteiger partial charge in [0.25, 0.3) is 0 Å². The number of rotatable bonds is 11. The lowest BCUT2D eigenvalue weighted by Gasteiger charge is -2.30. The fraction of sp³-hybridized carbons (Fsp3) is 0.611. The van der Waals surface area contributed by atoms with Crippen molar-refractivity contribution in [3.63, 3.8) is 0 Å². The number of carbonyl (C=O) groups excluding carboxylic acids is 1. The van der Waals surface area contributed by atoms with Gasteiger partial charge in [-0.05, 0) is 25.3 Å². The first-order chi connectivity index (χ1) is 11.1. The SMILES string of the molecule is CC[C@@H](C)N(CC(O)OC)C(=O)CCOCCc1ccccc1. The molecule has 0 aliphatic carbocycles.